The van der Waals surface area contributed by atoms with Crippen LogP contribution in [0.3, 0.4) is 0 Å². The molecule has 0 saturated carbocycles. The van der Waals surface area contributed by atoms with E-state index in [-0.39, 0.29) is 11.6 Å². The summed E-state index contributed by atoms with van der Waals surface area (Å²) < 4.78 is 14.4. The fraction of sp³-hybridized carbons (Fsp3) is 0.0714. The fourth-order valence-electron chi connectivity index (χ4n) is 1.72. The van der Waals surface area contributed by atoms with Crippen molar-refractivity contribution in [2.75, 3.05) is 17.7 Å². The summed E-state index contributed by atoms with van der Waals surface area (Å²) >= 11 is 3.26. The first-order chi connectivity index (χ1) is 8.99. The van der Waals surface area contributed by atoms with E-state index in [9.17, 15) is 9.18 Å². The Labute approximate surface area is 119 Å². The minimum absolute atomic E-state index is 0.210. The summed E-state index contributed by atoms with van der Waals surface area (Å²) in [6.07, 6.45) is 0. The van der Waals surface area contributed by atoms with Gasteiger partial charge in [-0.25, -0.2) is 4.39 Å². The number of carbonyl (C=O) groups excluding carboxylic acids is 1. The summed E-state index contributed by atoms with van der Waals surface area (Å²) in [5, 5.41) is 0. The van der Waals surface area contributed by atoms with Crippen molar-refractivity contribution in [2.45, 2.75) is 0 Å². The van der Waals surface area contributed by atoms with E-state index in [1.54, 1.807) is 36.4 Å². The van der Waals surface area contributed by atoms with E-state index in [2.05, 4.69) is 15.9 Å². The van der Waals surface area contributed by atoms with E-state index in [4.69, 9.17) is 5.73 Å². The SMILES string of the molecule is CN(C(=O)c1cccc(N)c1)c1cc(Br)ccc1F. The quantitative estimate of drug-likeness (QED) is 0.861. The Kier molecular flexibility index (Phi) is 3.85. The van der Waals surface area contributed by atoms with Crippen molar-refractivity contribution >= 4 is 33.2 Å². The summed E-state index contributed by atoms with van der Waals surface area (Å²) in [5.74, 6) is -0.771. The summed E-state index contributed by atoms with van der Waals surface area (Å²) in [6, 6.07) is 11.0. The number of rotatable bonds is 2. The Morgan fingerprint density at radius 2 is 2.00 bits per heavy atom. The lowest BCUT2D eigenvalue weighted by Gasteiger charge is -2.18. The number of nitrogens with two attached hydrogens (primary N) is 1. The smallest absolute Gasteiger partial charge is 0.258 e. The highest BCUT2D eigenvalue weighted by molar-refractivity contribution is 9.10. The Bertz CT molecular complexity index is 631. The second-order valence-electron chi connectivity index (χ2n) is 4.09. The number of nitrogens with zero attached hydrogens (tertiary/aromatic N) is 1. The molecule has 2 rings (SSSR count). The zero-order valence-electron chi connectivity index (χ0n) is 10.2. The molecular formula is C14H12BrFN2O. The lowest BCUT2D eigenvalue weighted by Crippen LogP contribution is -2.27. The predicted molar refractivity (Wildman–Crippen MR) is 77.7 cm³/mol. The van der Waals surface area contributed by atoms with Crippen molar-refractivity contribution in [1.29, 1.82) is 0 Å². The van der Waals surface area contributed by atoms with Crippen molar-refractivity contribution in [2.24, 2.45) is 0 Å². The first kappa shape index (κ1) is 13.5. The highest BCUT2D eigenvalue weighted by Crippen LogP contribution is 2.24. The molecule has 1 amide bonds. The largest absolute Gasteiger partial charge is 0.399 e. The molecule has 0 unspecified atom stereocenters. The van der Waals surface area contributed by atoms with Gasteiger partial charge in [-0.2, -0.15) is 0 Å². The Morgan fingerprint density at radius 1 is 1.26 bits per heavy atom. The normalized spacial score (nSPS) is 10.3. The number of nitrogen functional groups attached to an aromatic ring is 1. The molecule has 0 heterocycles. The number of anilines is 2. The molecule has 2 aromatic carbocycles. The van der Waals surface area contributed by atoms with Crippen LogP contribution in [0.4, 0.5) is 15.8 Å². The molecule has 0 atom stereocenters. The average Bonchev–Trinajstić information content (AvgIpc) is 2.40. The van der Waals surface area contributed by atoms with Crippen LogP contribution in [0, 0.1) is 5.82 Å². The lowest BCUT2D eigenvalue weighted by molar-refractivity contribution is 0.0992. The maximum Gasteiger partial charge on any atom is 0.258 e. The minimum atomic E-state index is -0.456. The van der Waals surface area contributed by atoms with Crippen LogP contribution in [0.1, 0.15) is 10.4 Å². The van der Waals surface area contributed by atoms with Crippen LogP contribution in [-0.2, 0) is 0 Å². The Hall–Kier alpha value is -1.88. The molecule has 0 aliphatic rings. The second kappa shape index (κ2) is 5.40. The Balaban J connectivity index is 2.36. The minimum Gasteiger partial charge on any atom is -0.399 e. The molecule has 0 fully saturated rings. The highest BCUT2D eigenvalue weighted by atomic mass is 79.9. The Morgan fingerprint density at radius 3 is 2.68 bits per heavy atom. The van der Waals surface area contributed by atoms with Crippen LogP contribution in [0.15, 0.2) is 46.9 Å². The van der Waals surface area contributed by atoms with E-state index in [1.165, 1.54) is 18.0 Å². The van der Waals surface area contributed by atoms with Crippen LogP contribution in [0.5, 0.6) is 0 Å². The van der Waals surface area contributed by atoms with Gasteiger partial charge in [-0.3, -0.25) is 4.79 Å². The number of hydrogen-bond donors (Lipinski definition) is 1. The van der Waals surface area contributed by atoms with Crippen molar-refractivity contribution in [3.63, 3.8) is 0 Å². The third-order valence-electron chi connectivity index (χ3n) is 2.71. The molecule has 0 radical (unpaired) electrons. The molecule has 0 bridgehead atoms. The number of benzene rings is 2. The van der Waals surface area contributed by atoms with Gasteiger partial charge in [-0.1, -0.05) is 22.0 Å². The summed E-state index contributed by atoms with van der Waals surface area (Å²) in [6.45, 7) is 0. The molecule has 2 N–H and O–H groups in total. The fourth-order valence-corrected chi connectivity index (χ4v) is 2.07. The van der Waals surface area contributed by atoms with E-state index in [0.29, 0.717) is 15.7 Å². The van der Waals surface area contributed by atoms with E-state index < -0.39 is 5.82 Å². The van der Waals surface area contributed by atoms with Gasteiger partial charge in [0.2, 0.25) is 0 Å². The average molecular weight is 323 g/mol. The lowest BCUT2D eigenvalue weighted by atomic mass is 10.1. The molecule has 3 nitrogen and oxygen atoms in total. The number of carbonyl (C=O) groups is 1. The number of halogens is 2. The first-order valence-corrected chi connectivity index (χ1v) is 6.37. The van der Waals surface area contributed by atoms with Gasteiger partial charge < -0.3 is 10.6 Å². The molecule has 2 aromatic rings. The van der Waals surface area contributed by atoms with Crippen LogP contribution in [0.25, 0.3) is 0 Å². The number of hydrogen-bond acceptors (Lipinski definition) is 2. The maximum atomic E-state index is 13.7. The molecule has 0 aromatic heterocycles. The molecule has 0 saturated heterocycles. The van der Waals surface area contributed by atoms with E-state index in [0.717, 1.165) is 0 Å². The van der Waals surface area contributed by atoms with Gasteiger partial charge in [0.25, 0.3) is 5.91 Å². The predicted octanol–water partition coefficient (Wildman–Crippen LogP) is 3.45. The third-order valence-corrected chi connectivity index (χ3v) is 3.20. The van der Waals surface area contributed by atoms with E-state index >= 15 is 0 Å². The van der Waals surface area contributed by atoms with Crippen LogP contribution in [-0.4, -0.2) is 13.0 Å². The van der Waals surface area contributed by atoms with E-state index in [1.807, 2.05) is 0 Å². The van der Waals surface area contributed by atoms with Crippen molar-refractivity contribution in [3.05, 3.63) is 58.3 Å². The summed E-state index contributed by atoms with van der Waals surface area (Å²) in [4.78, 5) is 13.5. The molecule has 0 aliphatic heterocycles. The van der Waals surface area contributed by atoms with Crippen molar-refractivity contribution in [1.82, 2.24) is 0 Å². The molecule has 98 valence electrons. The van der Waals surface area contributed by atoms with Gasteiger partial charge >= 0.3 is 0 Å². The topological polar surface area (TPSA) is 46.3 Å². The van der Waals surface area contributed by atoms with Crippen LogP contribution in [0.2, 0.25) is 0 Å². The van der Waals surface area contributed by atoms with Gasteiger partial charge in [0, 0.05) is 22.8 Å². The monoisotopic (exact) mass is 322 g/mol. The highest BCUT2D eigenvalue weighted by Gasteiger charge is 2.17. The van der Waals surface area contributed by atoms with Crippen molar-refractivity contribution in [3.8, 4) is 0 Å². The zero-order chi connectivity index (χ0) is 14.0. The molecule has 19 heavy (non-hydrogen) atoms. The summed E-state index contributed by atoms with van der Waals surface area (Å²) in [7, 11) is 1.52. The molecule has 5 heteroatoms. The van der Waals surface area contributed by atoms with Crippen LogP contribution >= 0.6 is 15.9 Å². The number of amides is 1. The van der Waals surface area contributed by atoms with Gasteiger partial charge in [0.15, 0.2) is 0 Å². The van der Waals surface area contributed by atoms with Gasteiger partial charge in [-0.15, -0.1) is 0 Å². The molecular weight excluding hydrogens is 311 g/mol. The second-order valence-corrected chi connectivity index (χ2v) is 5.00. The molecule has 0 spiro atoms. The van der Waals surface area contributed by atoms with Gasteiger partial charge in [0.1, 0.15) is 5.82 Å². The maximum absolute atomic E-state index is 13.7. The summed E-state index contributed by atoms with van der Waals surface area (Å²) in [5.41, 5.74) is 6.76. The third kappa shape index (κ3) is 2.93. The van der Waals surface area contributed by atoms with Gasteiger partial charge in [0.05, 0.1) is 5.69 Å². The zero-order valence-corrected chi connectivity index (χ0v) is 11.8. The van der Waals surface area contributed by atoms with Crippen LogP contribution < -0.4 is 10.6 Å². The first-order valence-electron chi connectivity index (χ1n) is 5.57. The van der Waals surface area contributed by atoms with Crippen molar-refractivity contribution < 1.29 is 9.18 Å². The van der Waals surface area contributed by atoms with Gasteiger partial charge in [-0.05, 0) is 36.4 Å². The standard InChI is InChI=1S/C14H12BrFN2O/c1-18(13-8-10(15)5-6-12(13)16)14(19)9-3-2-4-11(17)7-9/h2-8H,17H2,1H3. The molecule has 0 aliphatic carbocycles.